The molecule has 6 nitrogen and oxygen atoms in total. The van der Waals surface area contributed by atoms with Crippen molar-refractivity contribution >= 4 is 71.1 Å². The van der Waals surface area contributed by atoms with Gasteiger partial charge in [-0.2, -0.15) is 10.5 Å². The minimum Gasteiger partial charge on any atom is -0.318 e. The van der Waals surface area contributed by atoms with E-state index in [1.807, 2.05) is 36.4 Å². The van der Waals surface area contributed by atoms with Gasteiger partial charge in [0.15, 0.2) is 0 Å². The molecule has 12 rings (SSSR count). The number of fused-ring (bicyclic) bond motifs is 9. The fraction of sp³-hybridized carbons (Fsp3) is 0.219. The molecule has 0 aliphatic heterocycles. The second-order valence-corrected chi connectivity index (χ2v) is 25.6. The summed E-state index contributed by atoms with van der Waals surface area (Å²) < 4.78 is 6.48. The molecule has 79 heavy (non-hydrogen) atoms. The molecule has 0 aliphatic rings. The van der Waals surface area contributed by atoms with E-state index in [-0.39, 0.29) is 38.5 Å². The Hall–Kier alpha value is -9.15. The van der Waals surface area contributed by atoms with Crippen LogP contribution in [0.25, 0.3) is 110 Å². The van der Waals surface area contributed by atoms with E-state index in [1.165, 1.54) is 22.3 Å². The first kappa shape index (κ1) is 50.7. The van der Waals surface area contributed by atoms with Crippen molar-refractivity contribution in [3.8, 4) is 51.5 Å². The first-order chi connectivity index (χ1) is 37.6. The minimum absolute atomic E-state index is 0.164. The van der Waals surface area contributed by atoms with Gasteiger partial charge >= 0.3 is 0 Å². The molecule has 0 saturated heterocycles. The highest BCUT2D eigenvalue weighted by atomic mass is 15.1. The fourth-order valence-electron chi connectivity index (χ4n) is 11.9. The average Bonchev–Trinajstić information content (AvgIpc) is 4.09. The second kappa shape index (κ2) is 18.0. The van der Waals surface area contributed by atoms with Crippen LogP contribution >= 0.6 is 0 Å². The third-order valence-electron chi connectivity index (χ3n) is 16.4. The largest absolute Gasteiger partial charge is 0.318 e. The molecular weight excluding hydrogens is 961 g/mol. The van der Waals surface area contributed by atoms with Crippen molar-refractivity contribution in [3.63, 3.8) is 0 Å². The van der Waals surface area contributed by atoms with Crippen LogP contribution < -0.4 is 0 Å². The SMILES string of the molecule is [C-]#[N+]c1c(-n2c3ccc(C(C)(C)C)cc3c3cc(C(C)(C)C)ccc32)c(C#N)c(-n2c3ccc(C(C)(C)C)cc3c3cc(C(C)(C)C)ccc32)c(C#N)c1-n1c2cc(-c3ccccc3)ccc2c2ccc(-c3ccccc3)cc21. The van der Waals surface area contributed by atoms with Crippen LogP contribution in [0, 0.1) is 29.2 Å². The minimum atomic E-state index is -0.165. The Labute approximate surface area is 463 Å². The molecule has 3 aromatic heterocycles. The molecule has 0 saturated carbocycles. The van der Waals surface area contributed by atoms with E-state index in [0.29, 0.717) is 17.1 Å². The topological polar surface area (TPSA) is 66.7 Å². The lowest BCUT2D eigenvalue weighted by Gasteiger charge is -2.24. The van der Waals surface area contributed by atoms with Gasteiger partial charge in [0, 0.05) is 32.3 Å². The van der Waals surface area contributed by atoms with Gasteiger partial charge in [-0.05, 0) is 127 Å². The molecule has 0 amide bonds. The molecule has 0 aliphatic carbocycles. The second-order valence-electron chi connectivity index (χ2n) is 25.6. The number of nitrogens with zero attached hydrogens (tertiary/aromatic N) is 6. The number of rotatable bonds is 5. The lowest BCUT2D eigenvalue weighted by Crippen LogP contribution is -2.13. The van der Waals surface area contributed by atoms with E-state index in [0.717, 1.165) is 87.7 Å². The lowest BCUT2D eigenvalue weighted by molar-refractivity contribution is 0.590. The zero-order chi connectivity index (χ0) is 55.7. The molecule has 0 spiro atoms. The van der Waals surface area contributed by atoms with Gasteiger partial charge in [0.2, 0.25) is 5.69 Å². The lowest BCUT2D eigenvalue weighted by atomic mass is 9.85. The predicted molar refractivity (Wildman–Crippen MR) is 331 cm³/mol. The first-order valence-corrected chi connectivity index (χ1v) is 27.4. The molecule has 3 heterocycles. The van der Waals surface area contributed by atoms with E-state index in [1.54, 1.807) is 0 Å². The molecule has 9 aromatic carbocycles. The normalized spacial score (nSPS) is 12.5. The molecule has 386 valence electrons. The Bertz CT molecular complexity index is 4210. The molecular formula is C73H64N6. The molecule has 0 bridgehead atoms. The van der Waals surface area contributed by atoms with Crippen LogP contribution in [0.3, 0.4) is 0 Å². The highest BCUT2D eigenvalue weighted by molar-refractivity contribution is 6.15. The Morgan fingerprint density at radius 1 is 0.329 bits per heavy atom. The first-order valence-electron chi connectivity index (χ1n) is 27.4. The maximum atomic E-state index is 12.4. The fourth-order valence-corrected chi connectivity index (χ4v) is 11.9. The summed E-state index contributed by atoms with van der Waals surface area (Å²) in [5.74, 6) is 0. The summed E-state index contributed by atoms with van der Waals surface area (Å²) >= 11 is 0. The molecule has 0 N–H and O–H groups in total. The summed E-state index contributed by atoms with van der Waals surface area (Å²) in [5, 5.41) is 30.8. The number of aromatic nitrogens is 3. The van der Waals surface area contributed by atoms with E-state index < -0.39 is 0 Å². The third kappa shape index (κ3) is 8.10. The van der Waals surface area contributed by atoms with Crippen molar-refractivity contribution in [2.24, 2.45) is 0 Å². The van der Waals surface area contributed by atoms with Gasteiger partial charge in [0.05, 0.1) is 67.9 Å². The Kier molecular flexibility index (Phi) is 11.5. The summed E-state index contributed by atoms with van der Waals surface area (Å²) in [6.07, 6.45) is 0. The average molecular weight is 1030 g/mol. The van der Waals surface area contributed by atoms with Crippen molar-refractivity contribution in [1.82, 2.24) is 13.7 Å². The van der Waals surface area contributed by atoms with Crippen LogP contribution in [0.5, 0.6) is 0 Å². The number of benzene rings is 9. The number of hydrogen-bond acceptors (Lipinski definition) is 2. The van der Waals surface area contributed by atoms with Crippen LogP contribution in [0.15, 0.2) is 170 Å². The van der Waals surface area contributed by atoms with E-state index in [9.17, 15) is 17.1 Å². The zero-order valence-electron chi connectivity index (χ0n) is 47.3. The smallest absolute Gasteiger partial charge is 0.236 e. The van der Waals surface area contributed by atoms with Gasteiger partial charge in [-0.3, -0.25) is 0 Å². The van der Waals surface area contributed by atoms with E-state index in [2.05, 4.69) is 247 Å². The Morgan fingerprint density at radius 2 is 0.633 bits per heavy atom. The van der Waals surface area contributed by atoms with Gasteiger partial charge in [-0.1, -0.05) is 192 Å². The van der Waals surface area contributed by atoms with Crippen molar-refractivity contribution in [2.45, 2.75) is 105 Å². The van der Waals surface area contributed by atoms with E-state index >= 15 is 0 Å². The monoisotopic (exact) mass is 1020 g/mol. The number of hydrogen-bond donors (Lipinski definition) is 0. The maximum Gasteiger partial charge on any atom is 0.236 e. The summed E-state index contributed by atoms with van der Waals surface area (Å²) in [7, 11) is 0. The van der Waals surface area contributed by atoms with Gasteiger partial charge in [0.1, 0.15) is 12.1 Å². The summed E-state index contributed by atoms with van der Waals surface area (Å²) in [5.41, 5.74) is 15.2. The van der Waals surface area contributed by atoms with Crippen LogP contribution in [0.4, 0.5) is 5.69 Å². The standard InChI is InChI=1S/C73H64N6/c1-70(2,3)48-26-32-60-54(38-48)55-39-49(71(4,5)6)27-33-61(55)77(60)67-58(42-74)68(78-62-34-28-50(72(7,8)9)40-56(62)57-41-51(73(10,11)12)29-35-63(57)78)66(76-13)69(59(67)43-75)79-64-36-46(44-20-16-14-17-21-44)24-30-52(64)53-31-25-47(37-65(53)79)45-22-18-15-19-23-45/h14-41H,1-12H3. The third-order valence-corrected chi connectivity index (χ3v) is 16.4. The summed E-state index contributed by atoms with van der Waals surface area (Å²) in [4.78, 5) is 4.62. The number of nitriles is 2. The van der Waals surface area contributed by atoms with Crippen LogP contribution in [-0.2, 0) is 21.7 Å². The molecule has 12 aromatic rings. The van der Waals surface area contributed by atoms with Gasteiger partial charge in [0.25, 0.3) is 0 Å². The Morgan fingerprint density at radius 3 is 0.924 bits per heavy atom. The van der Waals surface area contributed by atoms with Gasteiger partial charge in [-0.15, -0.1) is 0 Å². The Balaban J connectivity index is 1.35. The summed E-state index contributed by atoms with van der Waals surface area (Å²) in [6, 6.07) is 65.9. The van der Waals surface area contributed by atoms with Crippen LogP contribution in [-0.4, -0.2) is 13.7 Å². The maximum absolute atomic E-state index is 12.4. The molecule has 0 fully saturated rings. The van der Waals surface area contributed by atoms with Crippen molar-refractivity contribution < 1.29 is 0 Å². The highest BCUT2D eigenvalue weighted by Gasteiger charge is 2.34. The van der Waals surface area contributed by atoms with Crippen molar-refractivity contribution in [1.29, 1.82) is 10.5 Å². The molecule has 0 unspecified atom stereocenters. The van der Waals surface area contributed by atoms with Crippen molar-refractivity contribution in [3.05, 3.63) is 215 Å². The van der Waals surface area contributed by atoms with Crippen LogP contribution in [0.2, 0.25) is 0 Å². The quantitative estimate of drug-likeness (QED) is 0.161. The molecule has 0 radical (unpaired) electrons. The summed E-state index contributed by atoms with van der Waals surface area (Å²) in [6.45, 7) is 36.4. The van der Waals surface area contributed by atoms with Gasteiger partial charge in [-0.25, -0.2) is 4.85 Å². The predicted octanol–water partition coefficient (Wildman–Crippen LogP) is 19.8. The van der Waals surface area contributed by atoms with E-state index in [4.69, 9.17) is 0 Å². The van der Waals surface area contributed by atoms with Crippen LogP contribution in [0.1, 0.15) is 116 Å². The van der Waals surface area contributed by atoms with Crippen molar-refractivity contribution in [2.75, 3.05) is 0 Å². The van der Waals surface area contributed by atoms with Gasteiger partial charge < -0.3 is 13.7 Å². The zero-order valence-corrected chi connectivity index (χ0v) is 47.3. The highest BCUT2D eigenvalue weighted by Crippen LogP contribution is 2.50. The molecule has 6 heteroatoms. The molecule has 0 atom stereocenters.